The third kappa shape index (κ3) is 2.11. The van der Waals surface area contributed by atoms with Gasteiger partial charge < -0.3 is 10.0 Å². The largest absolute Gasteiger partial charge is 0.481 e. The third-order valence-corrected chi connectivity index (χ3v) is 3.24. The minimum atomic E-state index is -0.860. The summed E-state index contributed by atoms with van der Waals surface area (Å²) in [6.07, 6.45) is 2.66. The number of hydrogen-bond acceptors (Lipinski definition) is 5. The van der Waals surface area contributed by atoms with Crippen molar-refractivity contribution in [3.05, 3.63) is 28.6 Å². The summed E-state index contributed by atoms with van der Waals surface area (Å²) in [4.78, 5) is 26.9. The zero-order valence-corrected chi connectivity index (χ0v) is 9.81. The summed E-state index contributed by atoms with van der Waals surface area (Å²) in [7, 11) is 0. The van der Waals surface area contributed by atoms with E-state index in [-0.39, 0.29) is 11.6 Å². The van der Waals surface area contributed by atoms with Gasteiger partial charge in [-0.05, 0) is 12.0 Å². The highest BCUT2D eigenvalue weighted by Gasteiger charge is 2.36. The van der Waals surface area contributed by atoms with Crippen molar-refractivity contribution in [3.63, 3.8) is 0 Å². The monoisotopic (exact) mass is 251 g/mol. The summed E-state index contributed by atoms with van der Waals surface area (Å²) in [6, 6.07) is 1.55. The van der Waals surface area contributed by atoms with Crippen LogP contribution < -0.4 is 4.90 Å². The smallest absolute Gasteiger partial charge is 0.310 e. The van der Waals surface area contributed by atoms with Gasteiger partial charge in [0.1, 0.15) is 11.9 Å². The normalized spacial score (nSPS) is 23.1. The Balaban J connectivity index is 2.29. The van der Waals surface area contributed by atoms with Gasteiger partial charge >= 0.3 is 11.7 Å². The maximum Gasteiger partial charge on any atom is 0.310 e. The van der Waals surface area contributed by atoms with Gasteiger partial charge in [0.2, 0.25) is 0 Å². The van der Waals surface area contributed by atoms with Gasteiger partial charge in [0.25, 0.3) is 0 Å². The van der Waals surface area contributed by atoms with E-state index in [1.54, 1.807) is 11.0 Å². The number of nitro groups is 1. The van der Waals surface area contributed by atoms with E-state index in [0.29, 0.717) is 18.8 Å². The Morgan fingerprint density at radius 3 is 2.89 bits per heavy atom. The molecule has 7 heteroatoms. The van der Waals surface area contributed by atoms with Crippen molar-refractivity contribution in [2.75, 3.05) is 18.0 Å². The van der Waals surface area contributed by atoms with Crippen LogP contribution in [0.15, 0.2) is 18.5 Å². The number of carbonyl (C=O) groups is 1. The van der Waals surface area contributed by atoms with Gasteiger partial charge in [-0.2, -0.15) is 0 Å². The van der Waals surface area contributed by atoms with Crippen molar-refractivity contribution in [1.82, 2.24) is 4.98 Å². The molecular weight excluding hydrogens is 238 g/mol. The first-order chi connectivity index (χ1) is 8.50. The molecule has 1 fully saturated rings. The number of rotatable bonds is 3. The van der Waals surface area contributed by atoms with Gasteiger partial charge in [0.05, 0.1) is 10.8 Å². The molecule has 0 spiro atoms. The molecular formula is C11H13N3O4. The van der Waals surface area contributed by atoms with Crippen LogP contribution in [-0.4, -0.2) is 34.1 Å². The van der Waals surface area contributed by atoms with Gasteiger partial charge in [-0.1, -0.05) is 6.92 Å². The first kappa shape index (κ1) is 12.3. The lowest BCUT2D eigenvalue weighted by Gasteiger charge is -2.17. The van der Waals surface area contributed by atoms with E-state index in [9.17, 15) is 14.9 Å². The van der Waals surface area contributed by atoms with Crippen LogP contribution in [0.4, 0.5) is 11.4 Å². The molecule has 0 aromatic carbocycles. The van der Waals surface area contributed by atoms with Crippen LogP contribution in [0.2, 0.25) is 0 Å². The van der Waals surface area contributed by atoms with E-state index in [1.165, 1.54) is 12.4 Å². The molecule has 2 rings (SSSR count). The van der Waals surface area contributed by atoms with Gasteiger partial charge in [-0.15, -0.1) is 0 Å². The highest BCUT2D eigenvalue weighted by molar-refractivity contribution is 5.73. The Hall–Kier alpha value is -2.18. The molecule has 1 saturated heterocycles. The molecule has 1 aromatic rings. The van der Waals surface area contributed by atoms with Crippen LogP contribution >= 0.6 is 0 Å². The van der Waals surface area contributed by atoms with E-state index < -0.39 is 16.8 Å². The number of anilines is 1. The lowest BCUT2D eigenvalue weighted by atomic mass is 9.99. The first-order valence-electron chi connectivity index (χ1n) is 5.57. The van der Waals surface area contributed by atoms with Crippen LogP contribution in [0.3, 0.4) is 0 Å². The number of nitrogens with zero attached hydrogens (tertiary/aromatic N) is 3. The summed E-state index contributed by atoms with van der Waals surface area (Å²) >= 11 is 0. The maximum atomic E-state index is 11.0. The van der Waals surface area contributed by atoms with E-state index >= 15 is 0 Å². The first-order valence-corrected chi connectivity index (χ1v) is 5.57. The molecule has 96 valence electrons. The molecule has 0 amide bonds. The number of carboxylic acids is 1. The zero-order chi connectivity index (χ0) is 13.3. The molecule has 0 bridgehead atoms. The SMILES string of the molecule is CC1CN(c2ccncc2[N+](=O)[O-])CC1C(=O)O. The standard InChI is InChI=1S/C11H13N3O4/c1-7-5-13(6-8(7)11(15)16)9-2-3-12-4-10(9)14(17)18/h2-4,7-8H,5-6H2,1H3,(H,15,16). The van der Waals surface area contributed by atoms with Crippen molar-refractivity contribution in [2.45, 2.75) is 6.92 Å². The topological polar surface area (TPSA) is 96.6 Å². The Kier molecular flexibility index (Phi) is 3.14. The van der Waals surface area contributed by atoms with E-state index in [4.69, 9.17) is 5.11 Å². The van der Waals surface area contributed by atoms with E-state index in [0.717, 1.165) is 0 Å². The van der Waals surface area contributed by atoms with Crippen LogP contribution in [0, 0.1) is 22.0 Å². The molecule has 0 radical (unpaired) electrons. The van der Waals surface area contributed by atoms with Crippen molar-refractivity contribution in [3.8, 4) is 0 Å². The zero-order valence-electron chi connectivity index (χ0n) is 9.81. The molecule has 2 heterocycles. The molecule has 1 N–H and O–H groups in total. The van der Waals surface area contributed by atoms with Gasteiger partial charge in [-0.25, -0.2) is 0 Å². The van der Waals surface area contributed by atoms with Crippen LogP contribution in [-0.2, 0) is 4.79 Å². The Labute approximate surface area is 103 Å². The fraction of sp³-hybridized carbons (Fsp3) is 0.455. The number of aliphatic carboxylic acids is 1. The molecule has 2 unspecified atom stereocenters. The van der Waals surface area contributed by atoms with Crippen molar-refractivity contribution >= 4 is 17.3 Å². The maximum absolute atomic E-state index is 11.0. The molecule has 1 aliphatic heterocycles. The van der Waals surface area contributed by atoms with Crippen LogP contribution in [0.25, 0.3) is 0 Å². The molecule has 18 heavy (non-hydrogen) atoms. The highest BCUT2D eigenvalue weighted by Crippen LogP contribution is 2.33. The number of pyridine rings is 1. The van der Waals surface area contributed by atoms with Crippen molar-refractivity contribution in [2.24, 2.45) is 11.8 Å². The number of hydrogen-bond donors (Lipinski definition) is 1. The molecule has 1 aromatic heterocycles. The molecule has 0 saturated carbocycles. The lowest BCUT2D eigenvalue weighted by Crippen LogP contribution is -2.23. The van der Waals surface area contributed by atoms with Gasteiger partial charge in [0, 0.05) is 19.3 Å². The quantitative estimate of drug-likeness (QED) is 0.639. The van der Waals surface area contributed by atoms with E-state index in [2.05, 4.69) is 4.98 Å². The summed E-state index contributed by atoms with van der Waals surface area (Å²) in [6.45, 7) is 2.63. The summed E-state index contributed by atoms with van der Waals surface area (Å²) in [5.41, 5.74) is 0.348. The Morgan fingerprint density at radius 2 is 2.33 bits per heavy atom. The van der Waals surface area contributed by atoms with Gasteiger partial charge in [0.15, 0.2) is 0 Å². The van der Waals surface area contributed by atoms with Gasteiger partial charge in [-0.3, -0.25) is 19.9 Å². The summed E-state index contributed by atoms with van der Waals surface area (Å²) < 4.78 is 0. The fourth-order valence-corrected chi connectivity index (χ4v) is 2.27. The Morgan fingerprint density at radius 1 is 1.61 bits per heavy atom. The van der Waals surface area contributed by atoms with Crippen molar-refractivity contribution in [1.29, 1.82) is 0 Å². The van der Waals surface area contributed by atoms with Crippen LogP contribution in [0.5, 0.6) is 0 Å². The summed E-state index contributed by atoms with van der Waals surface area (Å²) in [5, 5.41) is 20.0. The predicted octanol–water partition coefficient (Wildman–Crippen LogP) is 1.15. The average molecular weight is 251 g/mol. The second-order valence-corrected chi connectivity index (χ2v) is 4.45. The number of carboxylic acid groups (broad SMARTS) is 1. The number of aromatic nitrogens is 1. The minimum Gasteiger partial charge on any atom is -0.481 e. The highest BCUT2D eigenvalue weighted by atomic mass is 16.6. The lowest BCUT2D eigenvalue weighted by molar-refractivity contribution is -0.384. The summed E-state index contributed by atoms with van der Waals surface area (Å²) in [5.74, 6) is -1.38. The third-order valence-electron chi connectivity index (χ3n) is 3.24. The molecule has 7 nitrogen and oxygen atoms in total. The predicted molar refractivity (Wildman–Crippen MR) is 63.4 cm³/mol. The molecule has 2 atom stereocenters. The van der Waals surface area contributed by atoms with Crippen molar-refractivity contribution < 1.29 is 14.8 Å². The fourth-order valence-electron chi connectivity index (χ4n) is 2.27. The van der Waals surface area contributed by atoms with Crippen LogP contribution in [0.1, 0.15) is 6.92 Å². The average Bonchev–Trinajstić information content (AvgIpc) is 2.71. The Bertz CT molecular complexity index is 491. The second kappa shape index (κ2) is 4.59. The van der Waals surface area contributed by atoms with E-state index in [1.807, 2.05) is 6.92 Å². The molecule has 1 aliphatic rings. The molecule has 0 aliphatic carbocycles. The second-order valence-electron chi connectivity index (χ2n) is 4.45. The minimum absolute atomic E-state index is 0.0322.